The zero-order valence-electron chi connectivity index (χ0n) is 8.32. The molecule has 0 saturated carbocycles. The lowest BCUT2D eigenvalue weighted by Crippen LogP contribution is -2.11. The minimum Gasteiger partial charge on any atom is -0.494 e. The average molecular weight is 193 g/mol. The van der Waals surface area contributed by atoms with E-state index in [1.54, 1.807) is 0 Å². The molecule has 0 fully saturated rings. The fourth-order valence-electron chi connectivity index (χ4n) is 1.07. The van der Waals surface area contributed by atoms with Gasteiger partial charge in [-0.25, -0.2) is 0 Å². The third-order valence-electron chi connectivity index (χ3n) is 1.86. The molecule has 0 aromatic heterocycles. The minimum absolute atomic E-state index is 0.280. The molecule has 0 unspecified atom stereocenters. The van der Waals surface area contributed by atoms with Crippen molar-refractivity contribution in [3.05, 3.63) is 29.8 Å². The third-order valence-corrected chi connectivity index (χ3v) is 1.86. The Kier molecular flexibility index (Phi) is 3.98. The fourth-order valence-corrected chi connectivity index (χ4v) is 1.07. The highest BCUT2D eigenvalue weighted by Crippen LogP contribution is 2.11. The van der Waals surface area contributed by atoms with Crippen LogP contribution < -0.4 is 10.5 Å². The molecule has 2 N–H and O–H groups in total. The van der Waals surface area contributed by atoms with Gasteiger partial charge in [-0.2, -0.15) is 0 Å². The van der Waals surface area contributed by atoms with Gasteiger partial charge >= 0.3 is 0 Å². The lowest BCUT2D eigenvalue weighted by atomic mass is 10.2. The molecule has 76 valence electrons. The summed E-state index contributed by atoms with van der Waals surface area (Å²) in [5, 5.41) is 0. The number of ether oxygens (including phenoxy) is 1. The van der Waals surface area contributed by atoms with Gasteiger partial charge in [0.15, 0.2) is 0 Å². The van der Waals surface area contributed by atoms with Gasteiger partial charge < -0.3 is 10.5 Å². The summed E-state index contributed by atoms with van der Waals surface area (Å²) in [5.74, 6) is 0.553. The van der Waals surface area contributed by atoms with Crippen molar-refractivity contribution in [3.8, 4) is 5.75 Å². The molecule has 0 atom stereocenters. The molecule has 0 aliphatic carbocycles. The molecule has 0 saturated heterocycles. The Morgan fingerprint density at radius 2 is 2.00 bits per heavy atom. The second-order valence-corrected chi connectivity index (χ2v) is 3.23. The normalized spacial score (nSPS) is 9.79. The zero-order chi connectivity index (χ0) is 10.4. The highest BCUT2D eigenvalue weighted by atomic mass is 16.5. The van der Waals surface area contributed by atoms with Crippen molar-refractivity contribution in [2.75, 3.05) is 6.61 Å². The first-order valence-corrected chi connectivity index (χ1v) is 4.66. The van der Waals surface area contributed by atoms with Crippen LogP contribution in [0.3, 0.4) is 0 Å². The summed E-state index contributed by atoms with van der Waals surface area (Å²) in [6.07, 6.45) is 1.05. The Morgan fingerprint density at radius 3 is 2.57 bits per heavy atom. The van der Waals surface area contributed by atoms with E-state index in [0.29, 0.717) is 19.4 Å². The number of nitrogens with two attached hydrogens (primary N) is 1. The van der Waals surface area contributed by atoms with E-state index in [1.165, 1.54) is 5.56 Å². The van der Waals surface area contributed by atoms with Crippen molar-refractivity contribution in [1.29, 1.82) is 0 Å². The Bertz CT molecular complexity index is 293. The van der Waals surface area contributed by atoms with E-state index in [9.17, 15) is 4.79 Å². The van der Waals surface area contributed by atoms with Gasteiger partial charge in [-0.1, -0.05) is 17.7 Å². The summed E-state index contributed by atoms with van der Waals surface area (Å²) in [4.78, 5) is 10.4. The molecule has 3 nitrogen and oxygen atoms in total. The molecule has 0 spiro atoms. The van der Waals surface area contributed by atoms with Crippen molar-refractivity contribution in [1.82, 2.24) is 0 Å². The van der Waals surface area contributed by atoms with Crippen LogP contribution in [0.1, 0.15) is 18.4 Å². The number of hydrogen-bond donors (Lipinski definition) is 1. The maximum absolute atomic E-state index is 10.4. The maximum atomic E-state index is 10.4. The average Bonchev–Trinajstić information content (AvgIpc) is 2.15. The predicted molar refractivity (Wildman–Crippen MR) is 55.1 cm³/mol. The molecule has 0 heterocycles. The van der Waals surface area contributed by atoms with Crippen LogP contribution in [0.25, 0.3) is 0 Å². The lowest BCUT2D eigenvalue weighted by molar-refractivity contribution is -0.118. The summed E-state index contributed by atoms with van der Waals surface area (Å²) in [6, 6.07) is 7.81. The van der Waals surface area contributed by atoms with Crippen molar-refractivity contribution < 1.29 is 9.53 Å². The van der Waals surface area contributed by atoms with Gasteiger partial charge in [-0.15, -0.1) is 0 Å². The van der Waals surface area contributed by atoms with Crippen LogP contribution in [0, 0.1) is 6.92 Å². The molecule has 14 heavy (non-hydrogen) atoms. The number of rotatable bonds is 5. The monoisotopic (exact) mass is 193 g/mol. The van der Waals surface area contributed by atoms with Crippen LogP contribution in [-0.4, -0.2) is 12.5 Å². The van der Waals surface area contributed by atoms with E-state index in [1.807, 2.05) is 31.2 Å². The second kappa shape index (κ2) is 5.27. The molecule has 0 aliphatic heterocycles. The molecule has 1 amide bonds. The standard InChI is InChI=1S/C11H15NO2/c1-9-4-6-10(7-5-9)14-8-2-3-11(12)13/h4-7H,2-3,8H2,1H3,(H2,12,13). The van der Waals surface area contributed by atoms with Crippen molar-refractivity contribution >= 4 is 5.91 Å². The van der Waals surface area contributed by atoms with E-state index >= 15 is 0 Å². The molecular formula is C11H15NO2. The minimum atomic E-state index is -0.280. The maximum Gasteiger partial charge on any atom is 0.217 e. The SMILES string of the molecule is Cc1ccc(OCCCC(N)=O)cc1. The molecule has 0 aliphatic rings. The zero-order valence-corrected chi connectivity index (χ0v) is 8.32. The summed E-state index contributed by atoms with van der Waals surface area (Å²) in [7, 11) is 0. The molecule has 1 aromatic rings. The number of carbonyl (C=O) groups excluding carboxylic acids is 1. The fraction of sp³-hybridized carbons (Fsp3) is 0.364. The van der Waals surface area contributed by atoms with Crippen LogP contribution >= 0.6 is 0 Å². The lowest BCUT2D eigenvalue weighted by Gasteiger charge is -2.04. The molecule has 0 radical (unpaired) electrons. The number of aryl methyl sites for hydroxylation is 1. The van der Waals surface area contributed by atoms with Crippen LogP contribution in [-0.2, 0) is 4.79 Å². The second-order valence-electron chi connectivity index (χ2n) is 3.23. The van der Waals surface area contributed by atoms with E-state index < -0.39 is 0 Å². The molecule has 3 heteroatoms. The van der Waals surface area contributed by atoms with E-state index in [4.69, 9.17) is 10.5 Å². The summed E-state index contributed by atoms with van der Waals surface area (Å²) >= 11 is 0. The smallest absolute Gasteiger partial charge is 0.217 e. The van der Waals surface area contributed by atoms with Crippen molar-refractivity contribution in [3.63, 3.8) is 0 Å². The van der Waals surface area contributed by atoms with Crippen LogP contribution in [0.5, 0.6) is 5.75 Å². The molecule has 1 aromatic carbocycles. The first-order valence-electron chi connectivity index (χ1n) is 4.66. The summed E-state index contributed by atoms with van der Waals surface area (Å²) in [6.45, 7) is 2.56. The van der Waals surface area contributed by atoms with E-state index in [0.717, 1.165) is 5.75 Å². The number of hydrogen-bond acceptors (Lipinski definition) is 2. The van der Waals surface area contributed by atoms with Crippen molar-refractivity contribution in [2.24, 2.45) is 5.73 Å². The van der Waals surface area contributed by atoms with Crippen LogP contribution in [0.4, 0.5) is 0 Å². The van der Waals surface area contributed by atoms with Gasteiger partial charge in [0.25, 0.3) is 0 Å². The number of carbonyl (C=O) groups is 1. The Labute approximate surface area is 83.9 Å². The van der Waals surface area contributed by atoms with Gasteiger partial charge in [0.05, 0.1) is 6.61 Å². The van der Waals surface area contributed by atoms with Crippen LogP contribution in [0.15, 0.2) is 24.3 Å². The Morgan fingerprint density at radius 1 is 1.36 bits per heavy atom. The number of benzene rings is 1. The molecule has 0 bridgehead atoms. The van der Waals surface area contributed by atoms with E-state index in [-0.39, 0.29) is 5.91 Å². The molecular weight excluding hydrogens is 178 g/mol. The first-order chi connectivity index (χ1) is 6.68. The topological polar surface area (TPSA) is 52.3 Å². The third kappa shape index (κ3) is 3.94. The van der Waals surface area contributed by atoms with Gasteiger partial charge in [0.1, 0.15) is 5.75 Å². The van der Waals surface area contributed by atoms with E-state index in [2.05, 4.69) is 0 Å². The Hall–Kier alpha value is -1.51. The highest BCUT2D eigenvalue weighted by molar-refractivity contribution is 5.73. The highest BCUT2D eigenvalue weighted by Gasteiger charge is 1.95. The van der Waals surface area contributed by atoms with Crippen LogP contribution in [0.2, 0.25) is 0 Å². The Balaban J connectivity index is 2.25. The van der Waals surface area contributed by atoms with Gasteiger partial charge in [-0.05, 0) is 25.5 Å². The molecule has 1 rings (SSSR count). The first kappa shape index (κ1) is 10.6. The number of amides is 1. The van der Waals surface area contributed by atoms with Crippen molar-refractivity contribution in [2.45, 2.75) is 19.8 Å². The largest absolute Gasteiger partial charge is 0.494 e. The van der Waals surface area contributed by atoms with Gasteiger partial charge in [0.2, 0.25) is 5.91 Å². The van der Waals surface area contributed by atoms with Gasteiger partial charge in [0, 0.05) is 6.42 Å². The number of primary amides is 1. The summed E-state index contributed by atoms with van der Waals surface area (Å²) < 4.78 is 5.40. The predicted octanol–water partition coefficient (Wildman–Crippen LogP) is 1.64. The quantitative estimate of drug-likeness (QED) is 0.723. The van der Waals surface area contributed by atoms with Gasteiger partial charge in [-0.3, -0.25) is 4.79 Å². The summed E-state index contributed by atoms with van der Waals surface area (Å²) in [5.41, 5.74) is 6.20.